The topological polar surface area (TPSA) is 69.4 Å². The Morgan fingerprint density at radius 3 is 2.16 bits per heavy atom. The van der Waals surface area contributed by atoms with Gasteiger partial charge in [-0.25, -0.2) is 22.3 Å². The van der Waals surface area contributed by atoms with Gasteiger partial charge in [-0.2, -0.15) is 0 Å². The third-order valence-electron chi connectivity index (χ3n) is 2.43. The van der Waals surface area contributed by atoms with Crippen LogP contribution in [-0.4, -0.2) is 20.8 Å². The molecule has 0 fully saturated rings. The van der Waals surface area contributed by atoms with Gasteiger partial charge in [0.05, 0.1) is 12.4 Å². The maximum absolute atomic E-state index is 12.8. The third kappa shape index (κ3) is 7.74. The van der Waals surface area contributed by atoms with Gasteiger partial charge in [-0.3, -0.25) is 0 Å². The Kier molecular flexibility index (Phi) is 6.17. The molecule has 0 bridgehead atoms. The van der Waals surface area contributed by atoms with Crippen LogP contribution in [0, 0.1) is 11.6 Å². The van der Waals surface area contributed by atoms with Crippen molar-refractivity contribution in [2.45, 2.75) is 25.7 Å². The minimum Gasteiger partial charge on any atom is -0.493 e. The number of nitrogens with two attached hydrogens (primary N) is 1. The molecule has 0 saturated carbocycles. The Morgan fingerprint density at radius 1 is 1.00 bits per heavy atom. The largest absolute Gasteiger partial charge is 0.493 e. The van der Waals surface area contributed by atoms with Gasteiger partial charge in [-0.05, 0) is 12.8 Å². The molecule has 19 heavy (non-hydrogen) atoms. The number of rotatable bonds is 8. The molecular formula is C12H17F2NO3S. The van der Waals surface area contributed by atoms with E-state index in [-0.39, 0.29) is 11.5 Å². The minimum absolute atomic E-state index is 0.0248. The van der Waals surface area contributed by atoms with Gasteiger partial charge < -0.3 is 4.74 Å². The van der Waals surface area contributed by atoms with Crippen molar-refractivity contribution in [3.05, 3.63) is 29.8 Å². The Balaban J connectivity index is 2.14. The number of hydrogen-bond donors (Lipinski definition) is 1. The lowest BCUT2D eigenvalue weighted by Gasteiger charge is -2.06. The molecule has 0 aliphatic carbocycles. The number of hydrogen-bond acceptors (Lipinski definition) is 3. The Hall–Kier alpha value is -1.21. The zero-order valence-corrected chi connectivity index (χ0v) is 11.3. The van der Waals surface area contributed by atoms with Gasteiger partial charge in [0.1, 0.15) is 17.4 Å². The van der Waals surface area contributed by atoms with E-state index in [4.69, 9.17) is 9.88 Å². The van der Waals surface area contributed by atoms with E-state index in [0.29, 0.717) is 19.4 Å². The summed E-state index contributed by atoms with van der Waals surface area (Å²) in [7, 11) is -3.38. The summed E-state index contributed by atoms with van der Waals surface area (Å²) < 4.78 is 52.1. The van der Waals surface area contributed by atoms with Crippen LogP contribution in [0.25, 0.3) is 0 Å². The molecule has 0 amide bonds. The number of unbranched alkanes of at least 4 members (excludes halogenated alkanes) is 3. The lowest BCUT2D eigenvalue weighted by atomic mass is 10.2. The molecule has 0 atom stereocenters. The van der Waals surface area contributed by atoms with E-state index in [2.05, 4.69) is 0 Å². The first kappa shape index (κ1) is 15.8. The standard InChI is InChI=1S/C12H17F2NO3S/c13-10-7-11(14)9-12(8-10)18-5-3-1-2-4-6-19(15,16)17/h7-9H,1-6H2,(H2,15,16,17). The molecule has 0 saturated heterocycles. The third-order valence-corrected chi connectivity index (χ3v) is 3.29. The van der Waals surface area contributed by atoms with Gasteiger partial charge in [0.2, 0.25) is 10.0 Å². The molecule has 1 aromatic carbocycles. The van der Waals surface area contributed by atoms with Crippen LogP contribution in [0.15, 0.2) is 18.2 Å². The summed E-state index contributed by atoms with van der Waals surface area (Å²) in [4.78, 5) is 0. The molecule has 2 N–H and O–H groups in total. The second-order valence-corrected chi connectivity index (χ2v) is 5.97. The number of sulfonamides is 1. The lowest BCUT2D eigenvalue weighted by Crippen LogP contribution is -2.16. The average Bonchev–Trinajstić information content (AvgIpc) is 2.25. The molecule has 1 aromatic rings. The fourth-order valence-electron chi connectivity index (χ4n) is 1.56. The smallest absolute Gasteiger partial charge is 0.209 e. The van der Waals surface area contributed by atoms with Crippen molar-refractivity contribution in [1.29, 1.82) is 0 Å². The van der Waals surface area contributed by atoms with E-state index in [0.717, 1.165) is 31.0 Å². The van der Waals surface area contributed by atoms with Crippen LogP contribution in [0.1, 0.15) is 25.7 Å². The average molecular weight is 293 g/mol. The van der Waals surface area contributed by atoms with Crippen molar-refractivity contribution in [2.24, 2.45) is 5.14 Å². The summed E-state index contributed by atoms with van der Waals surface area (Å²) >= 11 is 0. The summed E-state index contributed by atoms with van der Waals surface area (Å²) in [6.45, 7) is 0.332. The quantitative estimate of drug-likeness (QED) is 0.747. The van der Waals surface area contributed by atoms with E-state index in [1.807, 2.05) is 0 Å². The van der Waals surface area contributed by atoms with Crippen LogP contribution in [0.5, 0.6) is 5.75 Å². The first-order chi connectivity index (χ1) is 8.87. The zero-order chi connectivity index (χ0) is 14.3. The highest BCUT2D eigenvalue weighted by molar-refractivity contribution is 7.89. The number of primary sulfonamides is 1. The predicted molar refractivity (Wildman–Crippen MR) is 68.3 cm³/mol. The van der Waals surface area contributed by atoms with Crippen LogP contribution >= 0.6 is 0 Å². The number of benzene rings is 1. The molecule has 7 heteroatoms. The SMILES string of the molecule is NS(=O)(=O)CCCCCCOc1cc(F)cc(F)c1. The zero-order valence-electron chi connectivity index (χ0n) is 10.4. The second-order valence-electron chi connectivity index (χ2n) is 4.23. The maximum atomic E-state index is 12.8. The van der Waals surface area contributed by atoms with E-state index in [1.54, 1.807) is 0 Å². The van der Waals surface area contributed by atoms with Gasteiger partial charge in [0, 0.05) is 18.2 Å². The van der Waals surface area contributed by atoms with Crippen LogP contribution < -0.4 is 9.88 Å². The molecule has 0 aliphatic heterocycles. The van der Waals surface area contributed by atoms with Gasteiger partial charge in [-0.1, -0.05) is 12.8 Å². The number of ether oxygens (including phenoxy) is 1. The summed E-state index contributed by atoms with van der Waals surface area (Å²) in [6.07, 6.45) is 2.68. The van der Waals surface area contributed by atoms with Crippen molar-refractivity contribution >= 4 is 10.0 Å². The van der Waals surface area contributed by atoms with Crippen molar-refractivity contribution in [1.82, 2.24) is 0 Å². The molecule has 0 spiro atoms. The van der Waals surface area contributed by atoms with Crippen molar-refractivity contribution in [2.75, 3.05) is 12.4 Å². The van der Waals surface area contributed by atoms with Gasteiger partial charge in [0.25, 0.3) is 0 Å². The Labute approximate surface area is 111 Å². The lowest BCUT2D eigenvalue weighted by molar-refractivity contribution is 0.302. The molecule has 0 unspecified atom stereocenters. The van der Waals surface area contributed by atoms with E-state index >= 15 is 0 Å². The Bertz CT molecular complexity index is 485. The molecule has 108 valence electrons. The molecule has 4 nitrogen and oxygen atoms in total. The summed E-state index contributed by atoms with van der Waals surface area (Å²) in [6, 6.07) is 3.01. The van der Waals surface area contributed by atoms with Crippen molar-refractivity contribution < 1.29 is 21.9 Å². The van der Waals surface area contributed by atoms with Gasteiger partial charge in [0.15, 0.2) is 0 Å². The molecule has 0 heterocycles. The first-order valence-electron chi connectivity index (χ1n) is 5.96. The van der Waals surface area contributed by atoms with Crippen LogP contribution in [0.4, 0.5) is 8.78 Å². The van der Waals surface area contributed by atoms with Crippen molar-refractivity contribution in [3.8, 4) is 5.75 Å². The van der Waals surface area contributed by atoms with Gasteiger partial charge >= 0.3 is 0 Å². The Morgan fingerprint density at radius 2 is 1.58 bits per heavy atom. The summed E-state index contributed by atoms with van der Waals surface area (Å²) in [5, 5.41) is 4.86. The number of halogens is 2. The second kappa shape index (κ2) is 7.40. The molecule has 0 aliphatic rings. The van der Waals surface area contributed by atoms with E-state index in [1.165, 1.54) is 0 Å². The minimum atomic E-state index is -3.38. The highest BCUT2D eigenvalue weighted by Gasteiger charge is 2.03. The fraction of sp³-hybridized carbons (Fsp3) is 0.500. The monoisotopic (exact) mass is 293 g/mol. The summed E-state index contributed by atoms with van der Waals surface area (Å²) in [5.41, 5.74) is 0. The first-order valence-corrected chi connectivity index (χ1v) is 7.68. The highest BCUT2D eigenvalue weighted by Crippen LogP contribution is 2.15. The fourth-order valence-corrected chi connectivity index (χ4v) is 2.17. The molecule has 0 aromatic heterocycles. The van der Waals surface area contributed by atoms with Gasteiger partial charge in [-0.15, -0.1) is 0 Å². The van der Waals surface area contributed by atoms with Crippen LogP contribution in [0.2, 0.25) is 0 Å². The normalized spacial score (nSPS) is 11.5. The molecular weight excluding hydrogens is 276 g/mol. The van der Waals surface area contributed by atoms with E-state index < -0.39 is 21.7 Å². The maximum Gasteiger partial charge on any atom is 0.209 e. The van der Waals surface area contributed by atoms with Crippen LogP contribution in [-0.2, 0) is 10.0 Å². The highest BCUT2D eigenvalue weighted by atomic mass is 32.2. The van der Waals surface area contributed by atoms with Crippen molar-refractivity contribution in [3.63, 3.8) is 0 Å². The molecule has 1 rings (SSSR count). The van der Waals surface area contributed by atoms with Crippen LogP contribution in [0.3, 0.4) is 0 Å². The van der Waals surface area contributed by atoms with E-state index in [9.17, 15) is 17.2 Å². The summed E-state index contributed by atoms with van der Waals surface area (Å²) in [5.74, 6) is -1.23. The predicted octanol–water partition coefficient (Wildman–Crippen LogP) is 2.19. The molecule has 0 radical (unpaired) electrons.